The van der Waals surface area contributed by atoms with E-state index in [1.165, 1.54) is 11.8 Å². The highest BCUT2D eigenvalue weighted by Crippen LogP contribution is 2.28. The third-order valence-corrected chi connectivity index (χ3v) is 5.76. The van der Waals surface area contributed by atoms with Crippen LogP contribution in [-0.2, 0) is 16.1 Å². The van der Waals surface area contributed by atoms with Crippen LogP contribution in [0.15, 0.2) is 56.7 Å². The number of amides is 1. The molecule has 0 N–H and O–H groups in total. The lowest BCUT2D eigenvalue weighted by molar-refractivity contribution is -0.132. The van der Waals surface area contributed by atoms with Gasteiger partial charge in [0, 0.05) is 13.1 Å². The van der Waals surface area contributed by atoms with Crippen molar-refractivity contribution in [1.29, 1.82) is 0 Å². The van der Waals surface area contributed by atoms with E-state index in [0.717, 1.165) is 5.56 Å². The predicted octanol–water partition coefficient (Wildman–Crippen LogP) is 3.30. The molecule has 0 spiro atoms. The SMILES string of the molecule is O=C(CSc1nnc(-c2ccc(Br)o2)n1Cc1ccccc1)N1CCOCC1. The van der Waals surface area contributed by atoms with Crippen LogP contribution in [0.3, 0.4) is 0 Å². The fourth-order valence-electron chi connectivity index (χ4n) is 2.95. The molecule has 3 heterocycles. The van der Waals surface area contributed by atoms with Gasteiger partial charge in [-0.2, -0.15) is 0 Å². The normalized spacial score (nSPS) is 14.4. The molecule has 9 heteroatoms. The van der Waals surface area contributed by atoms with Crippen LogP contribution >= 0.6 is 27.7 Å². The molecule has 1 aliphatic rings. The number of halogens is 1. The molecule has 1 amide bonds. The van der Waals surface area contributed by atoms with E-state index in [0.29, 0.717) is 60.0 Å². The summed E-state index contributed by atoms with van der Waals surface area (Å²) >= 11 is 4.73. The van der Waals surface area contributed by atoms with Crippen LogP contribution in [0, 0.1) is 0 Å². The third-order valence-electron chi connectivity index (χ3n) is 4.38. The van der Waals surface area contributed by atoms with Crippen LogP contribution in [0.1, 0.15) is 5.56 Å². The molecule has 146 valence electrons. The molecule has 7 nitrogen and oxygen atoms in total. The van der Waals surface area contributed by atoms with Crippen molar-refractivity contribution in [3.05, 3.63) is 52.7 Å². The van der Waals surface area contributed by atoms with Gasteiger partial charge in [0.2, 0.25) is 11.7 Å². The maximum atomic E-state index is 12.5. The van der Waals surface area contributed by atoms with Crippen molar-refractivity contribution >= 4 is 33.6 Å². The number of thioether (sulfide) groups is 1. The van der Waals surface area contributed by atoms with Gasteiger partial charge in [-0.1, -0.05) is 42.1 Å². The molecule has 2 aromatic heterocycles. The Morgan fingerprint density at radius 2 is 1.89 bits per heavy atom. The molecule has 0 atom stereocenters. The molecule has 0 unspecified atom stereocenters. The molecule has 1 saturated heterocycles. The molecule has 0 radical (unpaired) electrons. The molecular formula is C19H19BrN4O3S. The van der Waals surface area contributed by atoms with Crippen LogP contribution in [0.4, 0.5) is 0 Å². The number of nitrogens with zero attached hydrogens (tertiary/aromatic N) is 4. The van der Waals surface area contributed by atoms with Gasteiger partial charge >= 0.3 is 0 Å². The lowest BCUT2D eigenvalue weighted by Crippen LogP contribution is -2.41. The van der Waals surface area contributed by atoms with E-state index < -0.39 is 0 Å². The number of hydrogen-bond acceptors (Lipinski definition) is 6. The minimum absolute atomic E-state index is 0.0878. The van der Waals surface area contributed by atoms with Gasteiger partial charge in [-0.25, -0.2) is 0 Å². The van der Waals surface area contributed by atoms with Crippen molar-refractivity contribution in [1.82, 2.24) is 19.7 Å². The largest absolute Gasteiger partial charge is 0.446 e. The summed E-state index contributed by atoms with van der Waals surface area (Å²) in [4.78, 5) is 14.3. The first-order valence-corrected chi connectivity index (χ1v) is 10.7. The summed E-state index contributed by atoms with van der Waals surface area (Å²) in [6.07, 6.45) is 0. The average molecular weight is 463 g/mol. The second kappa shape index (κ2) is 8.93. The molecule has 3 aromatic rings. The van der Waals surface area contributed by atoms with E-state index in [2.05, 4.69) is 38.3 Å². The first-order valence-electron chi connectivity index (χ1n) is 8.92. The zero-order valence-corrected chi connectivity index (χ0v) is 17.5. The van der Waals surface area contributed by atoms with Crippen LogP contribution in [0.2, 0.25) is 0 Å². The van der Waals surface area contributed by atoms with Crippen LogP contribution in [-0.4, -0.2) is 57.6 Å². The van der Waals surface area contributed by atoms with Crippen molar-refractivity contribution in [3.8, 4) is 11.6 Å². The number of furan rings is 1. The fourth-order valence-corrected chi connectivity index (χ4v) is 4.10. The summed E-state index contributed by atoms with van der Waals surface area (Å²) in [5.74, 6) is 1.66. The van der Waals surface area contributed by atoms with Gasteiger partial charge in [-0.15, -0.1) is 10.2 Å². The number of ether oxygens (including phenoxy) is 1. The molecule has 1 aliphatic heterocycles. The summed E-state index contributed by atoms with van der Waals surface area (Å²) < 4.78 is 13.6. The van der Waals surface area contributed by atoms with Gasteiger partial charge in [0.25, 0.3) is 0 Å². The second-order valence-electron chi connectivity index (χ2n) is 6.26. The van der Waals surface area contributed by atoms with Crippen molar-refractivity contribution < 1.29 is 13.9 Å². The maximum Gasteiger partial charge on any atom is 0.233 e. The van der Waals surface area contributed by atoms with Gasteiger partial charge < -0.3 is 14.1 Å². The van der Waals surface area contributed by atoms with Crippen LogP contribution in [0.5, 0.6) is 0 Å². The lowest BCUT2D eigenvalue weighted by atomic mass is 10.2. The Morgan fingerprint density at radius 1 is 1.11 bits per heavy atom. The number of carbonyl (C=O) groups excluding carboxylic acids is 1. The van der Waals surface area contributed by atoms with Crippen molar-refractivity contribution in [3.63, 3.8) is 0 Å². The highest BCUT2D eigenvalue weighted by molar-refractivity contribution is 9.10. The average Bonchev–Trinajstić information content (AvgIpc) is 3.33. The fraction of sp³-hybridized carbons (Fsp3) is 0.316. The zero-order chi connectivity index (χ0) is 19.3. The van der Waals surface area contributed by atoms with E-state index >= 15 is 0 Å². The monoisotopic (exact) mass is 462 g/mol. The summed E-state index contributed by atoms with van der Waals surface area (Å²) in [5, 5.41) is 9.33. The second-order valence-corrected chi connectivity index (χ2v) is 7.99. The molecule has 28 heavy (non-hydrogen) atoms. The molecular weight excluding hydrogens is 444 g/mol. The Labute approximate surface area is 175 Å². The van der Waals surface area contributed by atoms with Crippen molar-refractivity contribution in [2.45, 2.75) is 11.7 Å². The Morgan fingerprint density at radius 3 is 2.61 bits per heavy atom. The highest BCUT2D eigenvalue weighted by Gasteiger charge is 2.21. The number of aromatic nitrogens is 3. The molecule has 0 saturated carbocycles. The van der Waals surface area contributed by atoms with E-state index in [1.54, 1.807) is 0 Å². The number of rotatable bonds is 6. The van der Waals surface area contributed by atoms with E-state index in [1.807, 2.05) is 39.8 Å². The third kappa shape index (κ3) is 4.48. The Bertz CT molecular complexity index is 938. The minimum atomic E-state index is 0.0878. The molecule has 0 aliphatic carbocycles. The minimum Gasteiger partial charge on any atom is -0.446 e. The van der Waals surface area contributed by atoms with E-state index in [9.17, 15) is 4.79 Å². The number of morpholine rings is 1. The smallest absolute Gasteiger partial charge is 0.233 e. The van der Waals surface area contributed by atoms with Gasteiger partial charge in [-0.3, -0.25) is 9.36 Å². The Hall–Kier alpha value is -2.10. The number of benzene rings is 1. The van der Waals surface area contributed by atoms with E-state index in [4.69, 9.17) is 9.15 Å². The summed E-state index contributed by atoms with van der Waals surface area (Å²) in [5.41, 5.74) is 1.12. The first-order chi connectivity index (χ1) is 13.7. The van der Waals surface area contributed by atoms with Gasteiger partial charge in [-0.05, 0) is 33.6 Å². The van der Waals surface area contributed by atoms with Crippen molar-refractivity contribution in [2.24, 2.45) is 0 Å². The molecule has 1 fully saturated rings. The van der Waals surface area contributed by atoms with Crippen LogP contribution < -0.4 is 0 Å². The number of carbonyl (C=O) groups is 1. The lowest BCUT2D eigenvalue weighted by Gasteiger charge is -2.26. The molecule has 1 aromatic carbocycles. The van der Waals surface area contributed by atoms with Crippen molar-refractivity contribution in [2.75, 3.05) is 32.1 Å². The maximum absolute atomic E-state index is 12.5. The Balaban J connectivity index is 1.55. The topological polar surface area (TPSA) is 73.4 Å². The van der Waals surface area contributed by atoms with Gasteiger partial charge in [0.05, 0.1) is 25.5 Å². The summed E-state index contributed by atoms with van der Waals surface area (Å²) in [6.45, 7) is 3.06. The number of hydrogen-bond donors (Lipinski definition) is 0. The van der Waals surface area contributed by atoms with Gasteiger partial charge in [0.15, 0.2) is 15.6 Å². The first kappa shape index (κ1) is 19.2. The summed E-state index contributed by atoms with van der Waals surface area (Å²) in [6, 6.07) is 13.8. The predicted molar refractivity (Wildman–Crippen MR) is 109 cm³/mol. The van der Waals surface area contributed by atoms with Crippen LogP contribution in [0.25, 0.3) is 11.6 Å². The Kier molecular flexibility index (Phi) is 6.13. The van der Waals surface area contributed by atoms with Gasteiger partial charge in [0.1, 0.15) is 0 Å². The standard InChI is InChI=1S/C19H19BrN4O3S/c20-16-7-6-15(27-16)18-21-22-19(24(18)12-14-4-2-1-3-5-14)28-13-17(25)23-8-10-26-11-9-23/h1-7H,8-13H2. The zero-order valence-electron chi connectivity index (χ0n) is 15.1. The highest BCUT2D eigenvalue weighted by atomic mass is 79.9. The molecule has 0 bridgehead atoms. The summed E-state index contributed by atoms with van der Waals surface area (Å²) in [7, 11) is 0. The molecule has 4 rings (SSSR count). The quantitative estimate of drug-likeness (QED) is 0.523. The van der Waals surface area contributed by atoms with E-state index in [-0.39, 0.29) is 5.91 Å².